The number of hydrogen-bond donors (Lipinski definition) is 1. The smallest absolute Gasteiger partial charge is 0.323 e. The van der Waals surface area contributed by atoms with Crippen LogP contribution in [0.1, 0.15) is 31.1 Å². The van der Waals surface area contributed by atoms with Crippen molar-refractivity contribution in [3.8, 4) is 0 Å². The quantitative estimate of drug-likeness (QED) is 0.846. The topological polar surface area (TPSA) is 75.4 Å². The monoisotopic (exact) mass is 239 g/mol. The van der Waals surface area contributed by atoms with Gasteiger partial charge in [-0.25, -0.2) is 0 Å². The summed E-state index contributed by atoms with van der Waals surface area (Å²) in [5.74, 6) is -1.38. The number of nitrogens with zero attached hydrogens (tertiary/aromatic N) is 3. The van der Waals surface area contributed by atoms with Crippen LogP contribution < -0.4 is 0 Å². The van der Waals surface area contributed by atoms with E-state index in [1.165, 1.54) is 13.2 Å². The average Bonchev–Trinajstić information content (AvgIpc) is 2.63. The van der Waals surface area contributed by atoms with Crippen LogP contribution in [-0.4, -0.2) is 45.3 Å². The van der Waals surface area contributed by atoms with Crippen LogP contribution in [-0.2, 0) is 10.3 Å². The lowest BCUT2D eigenvalue weighted by Crippen LogP contribution is -2.31. The molecule has 0 unspecified atom stereocenters. The molecule has 1 heterocycles. The van der Waals surface area contributed by atoms with E-state index in [0.717, 1.165) is 4.90 Å². The third-order valence-electron chi connectivity index (χ3n) is 2.24. The number of amides is 1. The molecule has 1 amide bonds. The molecule has 1 aromatic rings. The maximum Gasteiger partial charge on any atom is 0.323 e. The second-order valence-corrected chi connectivity index (χ2v) is 4.90. The molecule has 0 aliphatic rings. The highest BCUT2D eigenvalue weighted by Gasteiger charge is 2.19. The van der Waals surface area contributed by atoms with Crippen molar-refractivity contribution < 1.29 is 14.7 Å². The first-order valence-corrected chi connectivity index (χ1v) is 5.24. The number of aliphatic carboxylic acids is 1. The molecule has 0 saturated carbocycles. The van der Waals surface area contributed by atoms with E-state index in [1.807, 2.05) is 20.8 Å². The molecule has 6 nitrogen and oxygen atoms in total. The molecule has 0 aromatic carbocycles. The number of carboxylic acid groups (broad SMARTS) is 1. The van der Waals surface area contributed by atoms with Crippen molar-refractivity contribution in [2.24, 2.45) is 0 Å². The standard InChI is InChI=1S/C11H17N3O3/c1-11(2,3)14-6-8(5-12-14)10(17)13(4)7-9(15)16/h5-6H,7H2,1-4H3,(H,15,16). The van der Waals surface area contributed by atoms with Crippen molar-refractivity contribution in [3.05, 3.63) is 18.0 Å². The van der Waals surface area contributed by atoms with Crippen molar-refractivity contribution in [2.45, 2.75) is 26.3 Å². The van der Waals surface area contributed by atoms with Crippen LogP contribution in [0.3, 0.4) is 0 Å². The maximum atomic E-state index is 11.8. The van der Waals surface area contributed by atoms with Gasteiger partial charge in [0.05, 0.1) is 17.3 Å². The number of hydrogen-bond acceptors (Lipinski definition) is 3. The molecular weight excluding hydrogens is 222 g/mol. The third kappa shape index (κ3) is 3.30. The van der Waals surface area contributed by atoms with Crippen LogP contribution in [0, 0.1) is 0 Å². The minimum absolute atomic E-state index is 0.204. The zero-order valence-corrected chi connectivity index (χ0v) is 10.5. The fraction of sp³-hybridized carbons (Fsp3) is 0.545. The summed E-state index contributed by atoms with van der Waals surface area (Å²) in [4.78, 5) is 23.5. The third-order valence-corrected chi connectivity index (χ3v) is 2.24. The van der Waals surface area contributed by atoms with Crippen LogP contribution in [0.5, 0.6) is 0 Å². The Bertz CT molecular complexity index is 431. The molecule has 0 saturated heterocycles. The van der Waals surface area contributed by atoms with E-state index in [4.69, 9.17) is 5.11 Å². The normalized spacial score (nSPS) is 11.3. The van der Waals surface area contributed by atoms with Gasteiger partial charge in [0.15, 0.2) is 0 Å². The number of carboxylic acids is 1. The lowest BCUT2D eigenvalue weighted by Gasteiger charge is -2.19. The Hall–Kier alpha value is -1.85. The van der Waals surface area contributed by atoms with Gasteiger partial charge in [-0.05, 0) is 20.8 Å². The van der Waals surface area contributed by atoms with Gasteiger partial charge < -0.3 is 10.0 Å². The highest BCUT2D eigenvalue weighted by molar-refractivity contribution is 5.95. The largest absolute Gasteiger partial charge is 0.480 e. The predicted octanol–water partition coefficient (Wildman–Crippen LogP) is 0.795. The Labute approximate surface area is 99.8 Å². The molecule has 0 bridgehead atoms. The molecule has 0 radical (unpaired) electrons. The molecule has 0 atom stereocenters. The van der Waals surface area contributed by atoms with Gasteiger partial charge in [-0.1, -0.05) is 0 Å². The van der Waals surface area contributed by atoms with E-state index in [-0.39, 0.29) is 18.0 Å². The van der Waals surface area contributed by atoms with E-state index < -0.39 is 5.97 Å². The fourth-order valence-corrected chi connectivity index (χ4v) is 1.30. The molecule has 6 heteroatoms. The molecule has 1 aromatic heterocycles. The van der Waals surface area contributed by atoms with Gasteiger partial charge in [-0.3, -0.25) is 14.3 Å². The molecule has 0 spiro atoms. The van der Waals surface area contributed by atoms with E-state index in [2.05, 4.69) is 5.10 Å². The van der Waals surface area contributed by atoms with Crippen LogP contribution in [0.4, 0.5) is 0 Å². The first-order valence-electron chi connectivity index (χ1n) is 5.24. The first kappa shape index (κ1) is 13.2. The molecule has 1 rings (SSSR count). The molecule has 94 valence electrons. The second kappa shape index (κ2) is 4.57. The summed E-state index contributed by atoms with van der Waals surface area (Å²) in [5, 5.41) is 12.7. The van der Waals surface area contributed by atoms with Crippen molar-refractivity contribution in [1.82, 2.24) is 14.7 Å². The molecule has 0 aliphatic carbocycles. The van der Waals surface area contributed by atoms with Gasteiger partial charge in [0.25, 0.3) is 5.91 Å². The Morgan fingerprint density at radius 3 is 2.47 bits per heavy atom. The minimum atomic E-state index is -1.04. The number of likely N-dealkylation sites (N-methyl/N-ethyl adjacent to an activating group) is 1. The van der Waals surface area contributed by atoms with Gasteiger partial charge in [-0.2, -0.15) is 5.10 Å². The highest BCUT2D eigenvalue weighted by atomic mass is 16.4. The van der Waals surface area contributed by atoms with E-state index in [9.17, 15) is 9.59 Å². The number of rotatable bonds is 3. The zero-order chi connectivity index (χ0) is 13.2. The lowest BCUT2D eigenvalue weighted by atomic mass is 10.1. The van der Waals surface area contributed by atoms with Crippen molar-refractivity contribution >= 4 is 11.9 Å². The molecule has 1 N–H and O–H groups in total. The lowest BCUT2D eigenvalue weighted by molar-refractivity contribution is -0.137. The summed E-state index contributed by atoms with van der Waals surface area (Å²) in [7, 11) is 1.45. The van der Waals surface area contributed by atoms with E-state index in [0.29, 0.717) is 5.56 Å². The Morgan fingerprint density at radius 2 is 2.06 bits per heavy atom. The Balaban J connectivity index is 2.84. The van der Waals surface area contributed by atoms with Gasteiger partial charge in [-0.15, -0.1) is 0 Å². The molecule has 0 aliphatic heterocycles. The van der Waals surface area contributed by atoms with Crippen LogP contribution in [0.2, 0.25) is 0 Å². The summed E-state index contributed by atoms with van der Waals surface area (Å²) in [6.07, 6.45) is 3.08. The fourth-order valence-electron chi connectivity index (χ4n) is 1.30. The molecular formula is C11H17N3O3. The maximum absolute atomic E-state index is 11.8. The first-order chi connectivity index (χ1) is 7.71. The van der Waals surface area contributed by atoms with Gasteiger partial charge in [0.1, 0.15) is 6.54 Å². The van der Waals surface area contributed by atoms with Crippen molar-refractivity contribution in [2.75, 3.05) is 13.6 Å². The summed E-state index contributed by atoms with van der Waals surface area (Å²) in [6, 6.07) is 0. The highest BCUT2D eigenvalue weighted by Crippen LogP contribution is 2.13. The minimum Gasteiger partial charge on any atom is -0.480 e. The second-order valence-electron chi connectivity index (χ2n) is 4.90. The number of aromatic nitrogens is 2. The van der Waals surface area contributed by atoms with Gasteiger partial charge in [0.2, 0.25) is 0 Å². The van der Waals surface area contributed by atoms with Crippen LogP contribution in [0.25, 0.3) is 0 Å². The number of carbonyl (C=O) groups is 2. The zero-order valence-electron chi connectivity index (χ0n) is 10.5. The van der Waals surface area contributed by atoms with Gasteiger partial charge >= 0.3 is 5.97 Å². The predicted molar refractivity (Wildman–Crippen MR) is 61.8 cm³/mol. The van der Waals surface area contributed by atoms with Crippen LogP contribution in [0.15, 0.2) is 12.4 Å². The molecule has 0 fully saturated rings. The average molecular weight is 239 g/mol. The van der Waals surface area contributed by atoms with Crippen molar-refractivity contribution in [1.29, 1.82) is 0 Å². The summed E-state index contributed by atoms with van der Waals surface area (Å²) in [5.41, 5.74) is 0.188. The van der Waals surface area contributed by atoms with E-state index >= 15 is 0 Å². The molecule has 17 heavy (non-hydrogen) atoms. The Kier molecular flexibility index (Phi) is 3.55. The Morgan fingerprint density at radius 1 is 1.47 bits per heavy atom. The van der Waals surface area contributed by atoms with Crippen LogP contribution >= 0.6 is 0 Å². The SMILES string of the molecule is CN(CC(=O)O)C(=O)c1cnn(C(C)(C)C)c1. The van der Waals surface area contributed by atoms with Crippen molar-refractivity contribution in [3.63, 3.8) is 0 Å². The number of carbonyl (C=O) groups excluding carboxylic acids is 1. The summed E-state index contributed by atoms with van der Waals surface area (Å²) < 4.78 is 1.68. The van der Waals surface area contributed by atoms with Gasteiger partial charge in [0, 0.05) is 13.2 Å². The van der Waals surface area contributed by atoms with E-state index in [1.54, 1.807) is 10.9 Å². The summed E-state index contributed by atoms with van der Waals surface area (Å²) >= 11 is 0. The summed E-state index contributed by atoms with van der Waals surface area (Å²) in [6.45, 7) is 5.58.